The van der Waals surface area contributed by atoms with Crippen LogP contribution in [0.2, 0.25) is 0 Å². The van der Waals surface area contributed by atoms with Crippen LogP contribution in [-0.4, -0.2) is 23.9 Å². The number of benzene rings is 4. The van der Waals surface area contributed by atoms with Gasteiger partial charge in [-0.1, -0.05) is 72.8 Å². The van der Waals surface area contributed by atoms with E-state index in [-0.39, 0.29) is 0 Å². The third kappa shape index (κ3) is 2.83. The minimum absolute atomic E-state index is 0.854. The van der Waals surface area contributed by atoms with Crippen LogP contribution in [0.5, 0.6) is 0 Å². The van der Waals surface area contributed by atoms with E-state index in [0.29, 0.717) is 0 Å². The molecule has 186 valence electrons. The average Bonchev–Trinajstić information content (AvgIpc) is 3.58. The van der Waals surface area contributed by atoms with Crippen LogP contribution in [0.1, 0.15) is 0 Å². The van der Waals surface area contributed by atoms with Gasteiger partial charge in [-0.3, -0.25) is 14.0 Å². The van der Waals surface area contributed by atoms with E-state index >= 15 is 0 Å². The number of nitrogens with zero attached hydrogens (tertiary/aromatic N) is 5. The molecule has 4 aromatic carbocycles. The van der Waals surface area contributed by atoms with Crippen LogP contribution in [0.25, 0.3) is 77.2 Å². The lowest BCUT2D eigenvalue weighted by Crippen LogP contribution is -2.00. The number of aromatic nitrogens is 5. The molecule has 0 amide bonds. The van der Waals surface area contributed by atoms with Crippen molar-refractivity contribution in [2.75, 3.05) is 0 Å². The number of para-hydroxylation sites is 3. The summed E-state index contributed by atoms with van der Waals surface area (Å²) in [7, 11) is 0. The Kier molecular flexibility index (Phi) is 4.27. The van der Waals surface area contributed by atoms with Gasteiger partial charge in [0.1, 0.15) is 11.5 Å². The fourth-order valence-corrected chi connectivity index (χ4v) is 6.30. The standard InChI is InChI=1S/C35H21N5/c1-2-11-27-23(9-1)25-16-17-26-24-10-3-5-14-30(24)39(32-21-22(18-20-37-32)28-12-7-8-19-36-28)33(26)34(25)40-31-15-6-4-13-29(31)38-35(27)40/h1-21H. The summed E-state index contributed by atoms with van der Waals surface area (Å²) in [5.74, 6) is 0.854. The number of rotatable bonds is 2. The van der Waals surface area contributed by atoms with E-state index in [1.165, 1.54) is 21.5 Å². The first-order chi connectivity index (χ1) is 19.9. The van der Waals surface area contributed by atoms with Gasteiger partial charge >= 0.3 is 0 Å². The largest absolute Gasteiger partial charge is 0.292 e. The van der Waals surface area contributed by atoms with Crippen LogP contribution in [0, 0.1) is 0 Å². The topological polar surface area (TPSA) is 48.0 Å². The second kappa shape index (κ2) is 7.98. The van der Waals surface area contributed by atoms with Crippen LogP contribution in [0.15, 0.2) is 128 Å². The van der Waals surface area contributed by atoms with Crippen molar-refractivity contribution in [1.29, 1.82) is 0 Å². The fourth-order valence-electron chi connectivity index (χ4n) is 6.30. The van der Waals surface area contributed by atoms with Gasteiger partial charge in [0.25, 0.3) is 0 Å². The molecular weight excluding hydrogens is 490 g/mol. The normalized spacial score (nSPS) is 12.0. The van der Waals surface area contributed by atoms with Gasteiger partial charge in [0.2, 0.25) is 0 Å². The van der Waals surface area contributed by atoms with Crippen molar-refractivity contribution in [2.45, 2.75) is 0 Å². The predicted molar refractivity (Wildman–Crippen MR) is 163 cm³/mol. The zero-order valence-electron chi connectivity index (χ0n) is 21.4. The molecule has 0 saturated heterocycles. The molecule has 0 spiro atoms. The molecule has 5 nitrogen and oxygen atoms in total. The first-order valence-electron chi connectivity index (χ1n) is 13.4. The molecule has 0 fully saturated rings. The number of hydrogen-bond donors (Lipinski definition) is 0. The lowest BCUT2D eigenvalue weighted by atomic mass is 10.0. The highest BCUT2D eigenvalue weighted by Crippen LogP contribution is 2.40. The van der Waals surface area contributed by atoms with Crippen molar-refractivity contribution in [3.63, 3.8) is 0 Å². The summed E-state index contributed by atoms with van der Waals surface area (Å²) in [5.41, 5.74) is 8.34. The van der Waals surface area contributed by atoms with Gasteiger partial charge < -0.3 is 0 Å². The average molecular weight is 512 g/mol. The Bertz CT molecular complexity index is 2430. The monoisotopic (exact) mass is 511 g/mol. The van der Waals surface area contributed by atoms with E-state index in [0.717, 1.165) is 55.7 Å². The second-order valence-electron chi connectivity index (χ2n) is 10.1. The molecule has 40 heavy (non-hydrogen) atoms. The maximum atomic E-state index is 5.14. The third-order valence-corrected chi connectivity index (χ3v) is 7.99. The molecule has 5 heterocycles. The summed E-state index contributed by atoms with van der Waals surface area (Å²) in [6.07, 6.45) is 3.71. The van der Waals surface area contributed by atoms with E-state index in [4.69, 9.17) is 9.97 Å². The van der Waals surface area contributed by atoms with Crippen molar-refractivity contribution in [3.05, 3.63) is 128 Å². The Labute approximate surface area is 228 Å². The lowest BCUT2D eigenvalue weighted by molar-refractivity contribution is 1.08. The van der Waals surface area contributed by atoms with Crippen molar-refractivity contribution in [3.8, 4) is 17.1 Å². The zero-order chi connectivity index (χ0) is 26.2. The molecule has 0 atom stereocenters. The summed E-state index contributed by atoms with van der Waals surface area (Å²) in [6.45, 7) is 0. The fraction of sp³-hybridized carbons (Fsp3) is 0. The smallest absolute Gasteiger partial charge is 0.146 e. The molecule has 0 saturated carbocycles. The van der Waals surface area contributed by atoms with Gasteiger partial charge in [-0.2, -0.15) is 0 Å². The molecule has 9 rings (SSSR count). The quantitative estimate of drug-likeness (QED) is 0.219. The van der Waals surface area contributed by atoms with E-state index in [1.807, 2.05) is 36.7 Å². The van der Waals surface area contributed by atoms with Gasteiger partial charge in [-0.25, -0.2) is 9.97 Å². The molecule has 0 aliphatic heterocycles. The molecular formula is C35H21N5. The van der Waals surface area contributed by atoms with E-state index in [2.05, 4.69) is 105 Å². The van der Waals surface area contributed by atoms with Gasteiger partial charge in [-0.05, 0) is 47.9 Å². The van der Waals surface area contributed by atoms with Gasteiger partial charge in [0.15, 0.2) is 0 Å². The Morgan fingerprint density at radius 2 is 1.23 bits per heavy atom. The summed E-state index contributed by atoms with van der Waals surface area (Å²) < 4.78 is 4.65. The first kappa shape index (κ1) is 21.4. The van der Waals surface area contributed by atoms with Crippen LogP contribution in [0.4, 0.5) is 0 Å². The zero-order valence-corrected chi connectivity index (χ0v) is 21.4. The molecule has 5 aromatic heterocycles. The minimum Gasteiger partial charge on any atom is -0.292 e. The molecule has 5 heteroatoms. The van der Waals surface area contributed by atoms with Crippen LogP contribution in [-0.2, 0) is 0 Å². The van der Waals surface area contributed by atoms with Crippen LogP contribution in [0.3, 0.4) is 0 Å². The Morgan fingerprint density at radius 1 is 0.500 bits per heavy atom. The lowest BCUT2D eigenvalue weighted by Gasteiger charge is -2.14. The maximum absolute atomic E-state index is 5.14. The van der Waals surface area contributed by atoms with Gasteiger partial charge in [-0.15, -0.1) is 0 Å². The third-order valence-electron chi connectivity index (χ3n) is 7.99. The van der Waals surface area contributed by atoms with Crippen molar-refractivity contribution in [2.24, 2.45) is 0 Å². The molecule has 0 radical (unpaired) electrons. The Morgan fingerprint density at radius 3 is 2.08 bits per heavy atom. The van der Waals surface area contributed by atoms with Crippen LogP contribution >= 0.6 is 0 Å². The number of fused-ring (bicyclic) bond motifs is 12. The molecule has 0 aliphatic rings. The highest BCUT2D eigenvalue weighted by molar-refractivity contribution is 6.24. The van der Waals surface area contributed by atoms with E-state index < -0.39 is 0 Å². The molecule has 0 N–H and O–H groups in total. The minimum atomic E-state index is 0.854. The summed E-state index contributed by atoms with van der Waals surface area (Å²) in [5, 5.41) is 5.89. The van der Waals surface area contributed by atoms with E-state index in [9.17, 15) is 0 Å². The van der Waals surface area contributed by atoms with Crippen molar-refractivity contribution >= 4 is 60.2 Å². The highest BCUT2D eigenvalue weighted by Gasteiger charge is 2.21. The molecule has 0 aliphatic carbocycles. The molecule has 9 aromatic rings. The summed E-state index contributed by atoms with van der Waals surface area (Å²) >= 11 is 0. The Balaban J connectivity index is 1.54. The van der Waals surface area contributed by atoms with Gasteiger partial charge in [0.05, 0.1) is 33.3 Å². The summed E-state index contributed by atoms with van der Waals surface area (Å²) in [6, 6.07) is 40.2. The number of pyridine rings is 3. The van der Waals surface area contributed by atoms with Crippen molar-refractivity contribution in [1.82, 2.24) is 23.9 Å². The van der Waals surface area contributed by atoms with Crippen molar-refractivity contribution < 1.29 is 0 Å². The highest BCUT2D eigenvalue weighted by atomic mass is 15.1. The molecule has 0 unspecified atom stereocenters. The number of hydrogen-bond acceptors (Lipinski definition) is 3. The Hall–Kier alpha value is -5.55. The predicted octanol–water partition coefficient (Wildman–Crippen LogP) is 8.35. The molecule has 0 bridgehead atoms. The summed E-state index contributed by atoms with van der Waals surface area (Å²) in [4.78, 5) is 14.7. The van der Waals surface area contributed by atoms with Gasteiger partial charge in [0, 0.05) is 39.5 Å². The second-order valence-corrected chi connectivity index (χ2v) is 10.1. The SMILES string of the molecule is c1ccc(-c2ccnc(-n3c4ccccc4c4ccc5c6ccccc6c6nc7ccccc7n6c5c43)c2)nc1. The van der Waals surface area contributed by atoms with E-state index in [1.54, 1.807) is 0 Å². The maximum Gasteiger partial charge on any atom is 0.146 e. The van der Waals surface area contributed by atoms with Crippen LogP contribution < -0.4 is 0 Å². The first-order valence-corrected chi connectivity index (χ1v) is 13.4. The number of imidazole rings is 1.